The molecule has 0 aliphatic carbocycles. The van der Waals surface area contributed by atoms with Gasteiger partial charge in [-0.1, -0.05) is 12.1 Å². The first-order valence-electron chi connectivity index (χ1n) is 10.3. The average molecular weight is 396 g/mol. The number of carbonyl (C=O) groups excluding carboxylic acids is 1. The van der Waals surface area contributed by atoms with Gasteiger partial charge in [0.2, 0.25) is 5.91 Å². The molecule has 6 nitrogen and oxygen atoms in total. The summed E-state index contributed by atoms with van der Waals surface area (Å²) in [7, 11) is 0. The van der Waals surface area contributed by atoms with E-state index in [-0.39, 0.29) is 5.91 Å². The quantitative estimate of drug-likeness (QED) is 0.862. The summed E-state index contributed by atoms with van der Waals surface area (Å²) in [5.41, 5.74) is 4.71. The van der Waals surface area contributed by atoms with Crippen molar-refractivity contribution in [3.8, 4) is 11.5 Å². The van der Waals surface area contributed by atoms with Crippen LogP contribution in [0, 0.1) is 13.8 Å². The highest BCUT2D eigenvalue weighted by molar-refractivity contribution is 5.92. The maximum atomic E-state index is 12.5. The molecule has 0 atom stereocenters. The number of rotatable bonds is 4. The van der Waals surface area contributed by atoms with E-state index in [1.807, 2.05) is 18.2 Å². The Morgan fingerprint density at radius 1 is 1.00 bits per heavy atom. The first-order valence-corrected chi connectivity index (χ1v) is 10.3. The van der Waals surface area contributed by atoms with Gasteiger partial charge in [-0.15, -0.1) is 0 Å². The van der Waals surface area contributed by atoms with E-state index in [0.29, 0.717) is 25.5 Å². The van der Waals surface area contributed by atoms with Crippen LogP contribution in [0.5, 0.6) is 11.5 Å². The molecule has 2 heterocycles. The smallest absolute Gasteiger partial charge is 0.238 e. The highest BCUT2D eigenvalue weighted by atomic mass is 16.5. The predicted octanol–water partition coefficient (Wildman–Crippen LogP) is 3.23. The molecule has 4 rings (SSSR count). The van der Waals surface area contributed by atoms with E-state index >= 15 is 0 Å². The summed E-state index contributed by atoms with van der Waals surface area (Å²) in [6.45, 7) is 9.64. The van der Waals surface area contributed by atoms with Gasteiger partial charge < -0.3 is 19.7 Å². The van der Waals surface area contributed by atoms with E-state index in [4.69, 9.17) is 9.47 Å². The fourth-order valence-electron chi connectivity index (χ4n) is 3.87. The van der Waals surface area contributed by atoms with Crippen molar-refractivity contribution < 1.29 is 14.3 Å². The van der Waals surface area contributed by atoms with Crippen LogP contribution in [-0.4, -0.2) is 56.7 Å². The minimum atomic E-state index is -0.000300. The lowest BCUT2D eigenvalue weighted by Crippen LogP contribution is -2.48. The average Bonchev–Trinajstić information content (AvgIpc) is 2.96. The highest BCUT2D eigenvalue weighted by Gasteiger charge is 2.21. The maximum Gasteiger partial charge on any atom is 0.238 e. The molecule has 2 aliphatic rings. The Morgan fingerprint density at radius 2 is 1.76 bits per heavy atom. The van der Waals surface area contributed by atoms with Gasteiger partial charge in [-0.2, -0.15) is 0 Å². The molecule has 154 valence electrons. The van der Waals surface area contributed by atoms with E-state index in [0.717, 1.165) is 44.0 Å². The fourth-order valence-corrected chi connectivity index (χ4v) is 3.87. The number of fused-ring (bicyclic) bond motifs is 1. The summed E-state index contributed by atoms with van der Waals surface area (Å²) in [6.07, 6.45) is 0.866. The maximum absolute atomic E-state index is 12.5. The van der Waals surface area contributed by atoms with Gasteiger partial charge in [0.15, 0.2) is 11.5 Å². The normalized spacial score (nSPS) is 17.0. The van der Waals surface area contributed by atoms with Gasteiger partial charge in [0, 0.05) is 50.0 Å². The van der Waals surface area contributed by atoms with Crippen LogP contribution in [-0.2, 0) is 4.79 Å². The third kappa shape index (κ3) is 4.65. The number of carbonyl (C=O) groups is 1. The molecule has 2 aromatic rings. The SMILES string of the molecule is Cc1cccc(N2CCN(CC(=O)Nc3ccc4c(c3)OCCCO4)CC2)c1C. The van der Waals surface area contributed by atoms with E-state index in [1.54, 1.807) is 0 Å². The molecule has 1 fully saturated rings. The topological polar surface area (TPSA) is 54.0 Å². The van der Waals surface area contributed by atoms with Crippen molar-refractivity contribution in [1.29, 1.82) is 0 Å². The zero-order valence-electron chi connectivity index (χ0n) is 17.2. The van der Waals surface area contributed by atoms with Crippen LogP contribution in [0.4, 0.5) is 11.4 Å². The lowest BCUT2D eigenvalue weighted by Gasteiger charge is -2.36. The minimum absolute atomic E-state index is 0.000300. The number of amides is 1. The number of anilines is 2. The summed E-state index contributed by atoms with van der Waals surface area (Å²) < 4.78 is 11.3. The molecule has 0 bridgehead atoms. The Morgan fingerprint density at radius 3 is 2.55 bits per heavy atom. The Hall–Kier alpha value is -2.73. The van der Waals surface area contributed by atoms with Crippen LogP contribution < -0.4 is 19.7 Å². The Labute approximate surface area is 172 Å². The molecule has 0 saturated carbocycles. The monoisotopic (exact) mass is 395 g/mol. The molecule has 1 N–H and O–H groups in total. The molecule has 29 heavy (non-hydrogen) atoms. The van der Waals surface area contributed by atoms with Gasteiger partial charge >= 0.3 is 0 Å². The molecule has 0 unspecified atom stereocenters. The second-order valence-electron chi connectivity index (χ2n) is 7.74. The number of hydrogen-bond donors (Lipinski definition) is 1. The number of hydrogen-bond acceptors (Lipinski definition) is 5. The number of aryl methyl sites for hydroxylation is 1. The largest absolute Gasteiger partial charge is 0.490 e. The molecule has 2 aromatic carbocycles. The van der Waals surface area contributed by atoms with Crippen LogP contribution in [0.15, 0.2) is 36.4 Å². The number of nitrogens with one attached hydrogen (secondary N) is 1. The second kappa shape index (κ2) is 8.74. The molecule has 0 aromatic heterocycles. The Bertz CT molecular complexity index is 876. The summed E-state index contributed by atoms with van der Waals surface area (Å²) >= 11 is 0. The van der Waals surface area contributed by atoms with E-state index in [9.17, 15) is 4.79 Å². The van der Waals surface area contributed by atoms with Crippen LogP contribution in [0.3, 0.4) is 0 Å². The molecular weight excluding hydrogens is 366 g/mol. The first kappa shape index (κ1) is 19.6. The standard InChI is InChI=1S/C23H29N3O3/c1-17-5-3-6-20(18(17)2)26-11-9-25(10-12-26)16-23(27)24-19-7-8-21-22(15-19)29-14-4-13-28-21/h3,5-8,15H,4,9-14,16H2,1-2H3,(H,24,27). The van der Waals surface area contributed by atoms with Crippen molar-refractivity contribution in [2.75, 3.05) is 56.2 Å². The van der Waals surface area contributed by atoms with Crippen LogP contribution in [0.2, 0.25) is 0 Å². The third-order valence-corrected chi connectivity index (χ3v) is 5.69. The Kier molecular flexibility index (Phi) is 5.90. The van der Waals surface area contributed by atoms with E-state index in [1.165, 1.54) is 16.8 Å². The molecule has 1 saturated heterocycles. The first-order chi connectivity index (χ1) is 14.1. The molecule has 6 heteroatoms. The predicted molar refractivity (Wildman–Crippen MR) is 115 cm³/mol. The van der Waals surface area contributed by atoms with Gasteiger partial charge in [0.25, 0.3) is 0 Å². The Balaban J connectivity index is 1.30. The van der Waals surface area contributed by atoms with Crippen molar-refractivity contribution in [3.63, 3.8) is 0 Å². The summed E-state index contributed by atoms with van der Waals surface area (Å²) in [6, 6.07) is 12.0. The fraction of sp³-hybridized carbons (Fsp3) is 0.435. The number of piperazine rings is 1. The van der Waals surface area contributed by atoms with E-state index < -0.39 is 0 Å². The molecular formula is C23H29N3O3. The summed E-state index contributed by atoms with van der Waals surface area (Å²) in [4.78, 5) is 17.2. The molecule has 0 radical (unpaired) electrons. The number of nitrogens with zero attached hydrogens (tertiary/aromatic N) is 2. The zero-order chi connectivity index (χ0) is 20.2. The van der Waals surface area contributed by atoms with Crippen molar-refractivity contribution in [3.05, 3.63) is 47.5 Å². The van der Waals surface area contributed by atoms with Crippen molar-refractivity contribution in [2.24, 2.45) is 0 Å². The van der Waals surface area contributed by atoms with E-state index in [2.05, 4.69) is 47.2 Å². The highest BCUT2D eigenvalue weighted by Crippen LogP contribution is 2.32. The summed E-state index contributed by atoms with van der Waals surface area (Å²) in [5, 5.41) is 2.99. The van der Waals surface area contributed by atoms with Gasteiger partial charge in [0.1, 0.15) is 0 Å². The molecule has 2 aliphatic heterocycles. The second-order valence-corrected chi connectivity index (χ2v) is 7.74. The number of benzene rings is 2. The van der Waals surface area contributed by atoms with Crippen LogP contribution >= 0.6 is 0 Å². The number of ether oxygens (including phenoxy) is 2. The molecule has 1 amide bonds. The van der Waals surface area contributed by atoms with Crippen molar-refractivity contribution in [1.82, 2.24) is 4.90 Å². The lowest BCUT2D eigenvalue weighted by molar-refractivity contribution is -0.117. The molecule has 0 spiro atoms. The van der Waals surface area contributed by atoms with Gasteiger partial charge in [-0.25, -0.2) is 0 Å². The zero-order valence-corrected chi connectivity index (χ0v) is 17.2. The van der Waals surface area contributed by atoms with Gasteiger partial charge in [-0.05, 0) is 43.2 Å². The van der Waals surface area contributed by atoms with Crippen molar-refractivity contribution in [2.45, 2.75) is 20.3 Å². The van der Waals surface area contributed by atoms with Crippen LogP contribution in [0.25, 0.3) is 0 Å². The third-order valence-electron chi connectivity index (χ3n) is 5.69. The summed E-state index contributed by atoms with van der Waals surface area (Å²) in [5.74, 6) is 1.44. The van der Waals surface area contributed by atoms with Crippen LogP contribution in [0.1, 0.15) is 17.5 Å². The van der Waals surface area contributed by atoms with Gasteiger partial charge in [-0.3, -0.25) is 9.69 Å². The van der Waals surface area contributed by atoms with Crippen molar-refractivity contribution >= 4 is 17.3 Å². The lowest BCUT2D eigenvalue weighted by atomic mass is 10.1. The van der Waals surface area contributed by atoms with Gasteiger partial charge in [0.05, 0.1) is 19.8 Å². The minimum Gasteiger partial charge on any atom is -0.490 e.